The average Bonchev–Trinajstić information content (AvgIpc) is 2.39. The molecule has 0 heterocycles. The summed E-state index contributed by atoms with van der Waals surface area (Å²) in [5, 5.41) is 0. The lowest BCUT2D eigenvalue weighted by atomic mass is 10.1. The fourth-order valence-electron chi connectivity index (χ4n) is 1.80. The highest BCUT2D eigenvalue weighted by molar-refractivity contribution is 7.91. The van der Waals surface area contributed by atoms with Crippen LogP contribution in [0.2, 0.25) is 0 Å². The van der Waals surface area contributed by atoms with Crippen LogP contribution in [0.5, 0.6) is 0 Å². The number of hydrogen-bond donors (Lipinski definition) is 1. The van der Waals surface area contributed by atoms with E-state index in [0.717, 1.165) is 0 Å². The van der Waals surface area contributed by atoms with Gasteiger partial charge in [0.15, 0.2) is 9.84 Å². The van der Waals surface area contributed by atoms with Crippen LogP contribution in [-0.2, 0) is 15.8 Å². The molecule has 0 spiro atoms. The first-order valence-electron chi connectivity index (χ1n) is 5.83. The average molecular weight is 297 g/mol. The van der Waals surface area contributed by atoms with Crippen molar-refractivity contribution < 1.29 is 17.2 Å². The van der Waals surface area contributed by atoms with Gasteiger partial charge in [0, 0.05) is 11.3 Å². The Morgan fingerprint density at radius 1 is 1.00 bits per heavy atom. The van der Waals surface area contributed by atoms with Crippen LogP contribution in [0.3, 0.4) is 0 Å². The lowest BCUT2D eigenvalue weighted by Gasteiger charge is -2.17. The Balaban J connectivity index is 2.33. The van der Waals surface area contributed by atoms with E-state index in [-0.39, 0.29) is 16.1 Å². The van der Waals surface area contributed by atoms with Gasteiger partial charge in [-0.05, 0) is 18.2 Å². The zero-order valence-electron chi connectivity index (χ0n) is 10.5. The SMILES string of the molecule is Nc1cccc(S(=O)(=O)CC(F)(F)c2ccccc2)c1. The van der Waals surface area contributed by atoms with Gasteiger partial charge in [-0.1, -0.05) is 36.4 Å². The molecule has 0 aromatic heterocycles. The van der Waals surface area contributed by atoms with E-state index in [0.29, 0.717) is 0 Å². The second-order valence-electron chi connectivity index (χ2n) is 4.40. The Hall–Kier alpha value is -1.95. The molecule has 2 aromatic rings. The summed E-state index contributed by atoms with van der Waals surface area (Å²) in [6.07, 6.45) is 0. The van der Waals surface area contributed by atoms with Crippen LogP contribution in [0.4, 0.5) is 14.5 Å². The van der Waals surface area contributed by atoms with Crippen LogP contribution in [0.1, 0.15) is 5.56 Å². The number of halogens is 2. The van der Waals surface area contributed by atoms with Crippen molar-refractivity contribution >= 4 is 15.5 Å². The van der Waals surface area contributed by atoms with Crippen LogP contribution in [0, 0.1) is 0 Å². The summed E-state index contributed by atoms with van der Waals surface area (Å²) in [7, 11) is -4.12. The van der Waals surface area contributed by atoms with Crippen molar-refractivity contribution in [3.05, 3.63) is 60.2 Å². The predicted molar refractivity (Wildman–Crippen MR) is 73.2 cm³/mol. The van der Waals surface area contributed by atoms with Gasteiger partial charge in [0.1, 0.15) is 5.75 Å². The molecule has 0 aliphatic heterocycles. The molecule has 0 bridgehead atoms. The van der Waals surface area contributed by atoms with Gasteiger partial charge < -0.3 is 5.73 Å². The molecule has 2 aromatic carbocycles. The number of anilines is 1. The maximum absolute atomic E-state index is 14.0. The summed E-state index contributed by atoms with van der Waals surface area (Å²) < 4.78 is 52.1. The van der Waals surface area contributed by atoms with Crippen molar-refractivity contribution in [1.82, 2.24) is 0 Å². The molecule has 2 rings (SSSR count). The second kappa shape index (κ2) is 5.20. The van der Waals surface area contributed by atoms with E-state index in [1.54, 1.807) is 6.07 Å². The van der Waals surface area contributed by atoms with Crippen molar-refractivity contribution in [2.75, 3.05) is 11.5 Å². The first-order valence-corrected chi connectivity index (χ1v) is 7.48. The van der Waals surface area contributed by atoms with Gasteiger partial charge in [0.25, 0.3) is 5.92 Å². The summed E-state index contributed by atoms with van der Waals surface area (Å²) in [5.41, 5.74) is 5.37. The second-order valence-corrected chi connectivity index (χ2v) is 6.39. The Labute approximate surface area is 116 Å². The Kier molecular flexibility index (Phi) is 3.76. The first kappa shape index (κ1) is 14.5. The molecule has 0 saturated carbocycles. The predicted octanol–water partition coefficient (Wildman–Crippen LogP) is 2.83. The molecule has 0 unspecified atom stereocenters. The quantitative estimate of drug-likeness (QED) is 0.883. The zero-order chi connectivity index (χ0) is 14.8. The van der Waals surface area contributed by atoms with Crippen LogP contribution >= 0.6 is 0 Å². The number of rotatable bonds is 4. The van der Waals surface area contributed by atoms with Crippen LogP contribution in [-0.4, -0.2) is 14.2 Å². The standard InChI is InChI=1S/C14H13F2NO2S/c15-14(16,11-5-2-1-3-6-11)10-20(18,19)13-8-4-7-12(17)9-13/h1-9H,10,17H2. The van der Waals surface area contributed by atoms with E-state index in [1.165, 1.54) is 48.5 Å². The van der Waals surface area contributed by atoms with Crippen molar-refractivity contribution in [3.8, 4) is 0 Å². The molecule has 3 nitrogen and oxygen atoms in total. The smallest absolute Gasteiger partial charge is 0.287 e. The van der Waals surface area contributed by atoms with E-state index in [1.807, 2.05) is 0 Å². The molecule has 0 aliphatic rings. The minimum atomic E-state index is -4.12. The van der Waals surface area contributed by atoms with Crippen LogP contribution in [0.15, 0.2) is 59.5 Å². The summed E-state index contributed by atoms with van der Waals surface area (Å²) >= 11 is 0. The maximum atomic E-state index is 14.0. The molecule has 0 saturated heterocycles. The lowest BCUT2D eigenvalue weighted by molar-refractivity contribution is 0.0213. The molecule has 0 aliphatic carbocycles. The van der Waals surface area contributed by atoms with Gasteiger partial charge in [-0.25, -0.2) is 17.2 Å². The first-order chi connectivity index (χ1) is 9.31. The van der Waals surface area contributed by atoms with Crippen LogP contribution in [0.25, 0.3) is 0 Å². The number of sulfone groups is 1. The molecular weight excluding hydrogens is 284 g/mol. The van der Waals surface area contributed by atoms with Crippen molar-refractivity contribution in [1.29, 1.82) is 0 Å². The Morgan fingerprint density at radius 3 is 2.25 bits per heavy atom. The molecule has 6 heteroatoms. The highest BCUT2D eigenvalue weighted by atomic mass is 32.2. The fraction of sp³-hybridized carbons (Fsp3) is 0.143. The van der Waals surface area contributed by atoms with E-state index in [2.05, 4.69) is 0 Å². The molecule has 0 fully saturated rings. The Morgan fingerprint density at radius 2 is 1.65 bits per heavy atom. The third kappa shape index (κ3) is 3.14. The summed E-state index contributed by atoms with van der Waals surface area (Å²) in [4.78, 5) is -0.201. The molecular formula is C14H13F2NO2S. The highest BCUT2D eigenvalue weighted by Gasteiger charge is 2.38. The molecule has 0 amide bonds. The normalized spacial score (nSPS) is 12.3. The maximum Gasteiger partial charge on any atom is 0.287 e. The van der Waals surface area contributed by atoms with Crippen molar-refractivity contribution in [2.45, 2.75) is 10.8 Å². The number of nitrogen functional groups attached to an aromatic ring is 1. The Bertz CT molecular complexity index is 700. The van der Waals surface area contributed by atoms with Gasteiger partial charge in [-0.15, -0.1) is 0 Å². The van der Waals surface area contributed by atoms with E-state index in [9.17, 15) is 17.2 Å². The van der Waals surface area contributed by atoms with E-state index in [4.69, 9.17) is 5.73 Å². The molecule has 20 heavy (non-hydrogen) atoms. The number of hydrogen-bond acceptors (Lipinski definition) is 3. The van der Waals surface area contributed by atoms with Crippen molar-refractivity contribution in [3.63, 3.8) is 0 Å². The van der Waals surface area contributed by atoms with Gasteiger partial charge in [-0.2, -0.15) is 0 Å². The number of nitrogens with two attached hydrogens (primary N) is 1. The van der Waals surface area contributed by atoms with E-state index >= 15 is 0 Å². The summed E-state index contributed by atoms with van der Waals surface area (Å²) in [6, 6.07) is 12.2. The molecule has 106 valence electrons. The fourth-order valence-corrected chi connectivity index (χ4v) is 3.21. The highest BCUT2D eigenvalue weighted by Crippen LogP contribution is 2.31. The molecule has 2 N–H and O–H groups in total. The van der Waals surface area contributed by atoms with E-state index < -0.39 is 21.5 Å². The lowest BCUT2D eigenvalue weighted by Crippen LogP contribution is -2.25. The minimum absolute atomic E-state index is 0.201. The third-order valence-corrected chi connectivity index (χ3v) is 4.50. The van der Waals surface area contributed by atoms with Gasteiger partial charge >= 0.3 is 0 Å². The molecule has 0 radical (unpaired) electrons. The third-order valence-electron chi connectivity index (χ3n) is 2.78. The topological polar surface area (TPSA) is 60.2 Å². The summed E-state index contributed by atoms with van der Waals surface area (Å²) in [5.74, 6) is -4.74. The van der Waals surface area contributed by atoms with Crippen LogP contribution < -0.4 is 5.73 Å². The van der Waals surface area contributed by atoms with Gasteiger partial charge in [0.2, 0.25) is 0 Å². The van der Waals surface area contributed by atoms with Crippen molar-refractivity contribution in [2.24, 2.45) is 0 Å². The summed E-state index contributed by atoms with van der Waals surface area (Å²) in [6.45, 7) is 0. The monoisotopic (exact) mass is 297 g/mol. The largest absolute Gasteiger partial charge is 0.399 e. The van der Waals surface area contributed by atoms with Gasteiger partial charge in [-0.3, -0.25) is 0 Å². The van der Waals surface area contributed by atoms with Gasteiger partial charge in [0.05, 0.1) is 4.90 Å². The zero-order valence-corrected chi connectivity index (χ0v) is 11.3. The number of alkyl halides is 2. The molecule has 0 atom stereocenters. The minimum Gasteiger partial charge on any atom is -0.399 e. The number of benzene rings is 2.